The number of carbonyl (C=O) groups is 1. The summed E-state index contributed by atoms with van der Waals surface area (Å²) in [6.07, 6.45) is 4.80. The molecule has 1 fully saturated rings. The average Bonchev–Trinajstić information content (AvgIpc) is 2.19. The summed E-state index contributed by atoms with van der Waals surface area (Å²) < 4.78 is 0. The van der Waals surface area contributed by atoms with E-state index in [9.17, 15) is 4.79 Å². The van der Waals surface area contributed by atoms with Gasteiger partial charge in [0, 0.05) is 18.0 Å². The normalized spacial score (nSPS) is 26.5. The van der Waals surface area contributed by atoms with Crippen molar-refractivity contribution in [3.05, 3.63) is 0 Å². The predicted molar refractivity (Wildman–Crippen MR) is 74.2 cm³/mol. The van der Waals surface area contributed by atoms with E-state index in [1.165, 1.54) is 19.3 Å². The fourth-order valence-electron chi connectivity index (χ4n) is 2.30. The molecule has 1 amide bonds. The van der Waals surface area contributed by atoms with Crippen molar-refractivity contribution in [2.75, 3.05) is 0 Å². The molecule has 0 saturated heterocycles. The molecule has 3 N–H and O–H groups in total. The quantitative estimate of drug-likeness (QED) is 0.821. The monoisotopic (exact) mass is 262 g/mol. The Kier molecular flexibility index (Phi) is 6.49. The van der Waals surface area contributed by atoms with Gasteiger partial charge in [0.1, 0.15) is 0 Å². The van der Waals surface area contributed by atoms with Crippen LogP contribution in [0.15, 0.2) is 0 Å². The molecule has 4 heteroatoms. The van der Waals surface area contributed by atoms with Crippen molar-refractivity contribution < 1.29 is 4.79 Å². The highest BCUT2D eigenvalue weighted by Crippen LogP contribution is 2.35. The molecule has 1 saturated carbocycles. The summed E-state index contributed by atoms with van der Waals surface area (Å²) >= 11 is 0. The lowest BCUT2D eigenvalue weighted by atomic mass is 9.73. The summed E-state index contributed by atoms with van der Waals surface area (Å²) in [6, 6.07) is 0.238. The molecular weight excluding hydrogens is 236 g/mol. The number of amides is 1. The Morgan fingerprint density at radius 2 is 1.94 bits per heavy atom. The summed E-state index contributed by atoms with van der Waals surface area (Å²) in [5, 5.41) is 3.17. The highest BCUT2D eigenvalue weighted by atomic mass is 35.5. The van der Waals surface area contributed by atoms with Gasteiger partial charge >= 0.3 is 0 Å². The van der Waals surface area contributed by atoms with Crippen molar-refractivity contribution in [2.24, 2.45) is 17.1 Å². The summed E-state index contributed by atoms with van der Waals surface area (Å²) in [7, 11) is 0. The molecule has 3 nitrogen and oxygen atoms in total. The van der Waals surface area contributed by atoms with Crippen LogP contribution in [-0.2, 0) is 4.79 Å². The van der Waals surface area contributed by atoms with Gasteiger partial charge in [0.15, 0.2) is 0 Å². The number of nitrogens with one attached hydrogen (secondary N) is 1. The summed E-state index contributed by atoms with van der Waals surface area (Å²) in [5.41, 5.74) is 5.98. The molecular formula is C13H27ClN2O. The van der Waals surface area contributed by atoms with Crippen molar-refractivity contribution in [2.45, 2.75) is 65.5 Å². The second-order valence-electron chi connectivity index (χ2n) is 5.94. The van der Waals surface area contributed by atoms with Crippen LogP contribution < -0.4 is 11.1 Å². The molecule has 1 rings (SSSR count). The number of hydrogen-bond donors (Lipinski definition) is 2. The molecule has 1 aliphatic carbocycles. The van der Waals surface area contributed by atoms with E-state index in [1.807, 2.05) is 13.8 Å². The minimum absolute atomic E-state index is 0. The zero-order chi connectivity index (χ0) is 12.3. The number of rotatable bonds is 3. The van der Waals surface area contributed by atoms with E-state index in [1.54, 1.807) is 0 Å². The Bertz CT molecular complexity index is 254. The van der Waals surface area contributed by atoms with Crippen LogP contribution in [0.1, 0.15) is 53.4 Å². The van der Waals surface area contributed by atoms with E-state index >= 15 is 0 Å². The second kappa shape index (κ2) is 6.60. The fraction of sp³-hybridized carbons (Fsp3) is 0.923. The molecule has 0 aromatic carbocycles. The number of hydrogen-bond acceptors (Lipinski definition) is 2. The third kappa shape index (κ3) is 4.47. The van der Waals surface area contributed by atoms with Gasteiger partial charge < -0.3 is 11.1 Å². The molecule has 0 aromatic rings. The second-order valence-corrected chi connectivity index (χ2v) is 5.94. The highest BCUT2D eigenvalue weighted by Gasteiger charge is 2.34. The van der Waals surface area contributed by atoms with Gasteiger partial charge in [-0.25, -0.2) is 0 Å². The largest absolute Gasteiger partial charge is 0.353 e. The first-order chi connectivity index (χ1) is 7.34. The molecule has 0 spiro atoms. The van der Waals surface area contributed by atoms with Crippen molar-refractivity contribution in [1.82, 2.24) is 5.32 Å². The minimum Gasteiger partial charge on any atom is -0.353 e. The molecule has 0 aliphatic heterocycles. The van der Waals surface area contributed by atoms with E-state index in [0.29, 0.717) is 6.04 Å². The Hall–Kier alpha value is -0.280. The van der Waals surface area contributed by atoms with E-state index < -0.39 is 0 Å². The minimum atomic E-state index is -0.0993. The van der Waals surface area contributed by atoms with Gasteiger partial charge in [-0.1, -0.05) is 33.6 Å². The third-order valence-electron chi connectivity index (χ3n) is 4.03. The van der Waals surface area contributed by atoms with Gasteiger partial charge in [-0.05, 0) is 25.2 Å². The predicted octanol–water partition coefficient (Wildman–Crippen LogP) is 2.48. The Morgan fingerprint density at radius 1 is 1.35 bits per heavy atom. The Morgan fingerprint density at radius 3 is 2.41 bits per heavy atom. The van der Waals surface area contributed by atoms with Crippen LogP contribution in [0.5, 0.6) is 0 Å². The highest BCUT2D eigenvalue weighted by molar-refractivity contribution is 5.85. The van der Waals surface area contributed by atoms with Crippen molar-refractivity contribution in [3.8, 4) is 0 Å². The van der Waals surface area contributed by atoms with Crippen molar-refractivity contribution >= 4 is 18.3 Å². The van der Waals surface area contributed by atoms with E-state index in [0.717, 1.165) is 6.42 Å². The summed E-state index contributed by atoms with van der Waals surface area (Å²) in [4.78, 5) is 11.9. The maximum Gasteiger partial charge on any atom is 0.224 e. The molecule has 0 bridgehead atoms. The topological polar surface area (TPSA) is 55.1 Å². The van der Waals surface area contributed by atoms with Crippen molar-refractivity contribution in [1.29, 1.82) is 0 Å². The molecule has 17 heavy (non-hydrogen) atoms. The molecule has 3 unspecified atom stereocenters. The molecule has 0 heterocycles. The lowest BCUT2D eigenvalue weighted by Gasteiger charge is -2.39. The van der Waals surface area contributed by atoms with Gasteiger partial charge in [-0.3, -0.25) is 4.79 Å². The third-order valence-corrected chi connectivity index (χ3v) is 4.03. The maximum atomic E-state index is 11.9. The van der Waals surface area contributed by atoms with Crippen LogP contribution in [0.2, 0.25) is 0 Å². The van der Waals surface area contributed by atoms with Gasteiger partial charge in [0.05, 0.1) is 0 Å². The van der Waals surface area contributed by atoms with Gasteiger partial charge in [0.2, 0.25) is 5.91 Å². The van der Waals surface area contributed by atoms with E-state index in [-0.39, 0.29) is 35.7 Å². The smallest absolute Gasteiger partial charge is 0.224 e. The molecule has 0 radical (unpaired) electrons. The molecule has 3 atom stereocenters. The van der Waals surface area contributed by atoms with Crippen LogP contribution in [0, 0.1) is 11.3 Å². The van der Waals surface area contributed by atoms with Crippen LogP contribution in [0.25, 0.3) is 0 Å². The lowest BCUT2D eigenvalue weighted by Crippen LogP contribution is -2.50. The van der Waals surface area contributed by atoms with Gasteiger partial charge in [-0.15, -0.1) is 12.4 Å². The zero-order valence-electron chi connectivity index (χ0n) is 11.5. The standard InChI is InChI=1S/C13H26N2O.ClH/c1-9(10(2)14)12(16)15-11-7-5-6-8-13(11,3)4;/h9-11H,5-8,14H2,1-4H3,(H,15,16);1H. The number of carbonyl (C=O) groups excluding carboxylic acids is 1. The molecule has 1 aliphatic rings. The first kappa shape index (κ1) is 16.7. The first-order valence-electron chi connectivity index (χ1n) is 6.40. The van der Waals surface area contributed by atoms with Crippen LogP contribution in [0.4, 0.5) is 0 Å². The lowest BCUT2D eigenvalue weighted by molar-refractivity contribution is -0.126. The SMILES string of the molecule is CC(N)C(C)C(=O)NC1CCCCC1(C)C.Cl. The molecule has 102 valence electrons. The van der Waals surface area contributed by atoms with Crippen molar-refractivity contribution in [3.63, 3.8) is 0 Å². The average molecular weight is 263 g/mol. The summed E-state index contributed by atoms with van der Waals surface area (Å²) in [5.74, 6) is 0.00713. The van der Waals surface area contributed by atoms with E-state index in [4.69, 9.17) is 5.73 Å². The fourth-order valence-corrected chi connectivity index (χ4v) is 2.30. The summed E-state index contributed by atoms with van der Waals surface area (Å²) in [6.45, 7) is 8.27. The van der Waals surface area contributed by atoms with Gasteiger partial charge in [0.25, 0.3) is 0 Å². The number of halogens is 1. The maximum absolute atomic E-state index is 11.9. The zero-order valence-corrected chi connectivity index (χ0v) is 12.3. The van der Waals surface area contributed by atoms with E-state index in [2.05, 4.69) is 19.2 Å². The van der Waals surface area contributed by atoms with Crippen LogP contribution in [0.3, 0.4) is 0 Å². The first-order valence-corrected chi connectivity index (χ1v) is 6.40. The Labute approximate surface area is 111 Å². The van der Waals surface area contributed by atoms with Gasteiger partial charge in [-0.2, -0.15) is 0 Å². The number of nitrogens with two attached hydrogens (primary N) is 1. The van der Waals surface area contributed by atoms with Crippen LogP contribution >= 0.6 is 12.4 Å². The Balaban J connectivity index is 0.00000256. The van der Waals surface area contributed by atoms with Crippen LogP contribution in [-0.4, -0.2) is 18.0 Å². The molecule has 0 aromatic heterocycles.